The molecule has 21 heavy (non-hydrogen) atoms. The highest BCUT2D eigenvalue weighted by atomic mass is 16.5. The van der Waals surface area contributed by atoms with Crippen molar-refractivity contribution < 1.29 is 14.3 Å². The van der Waals surface area contributed by atoms with Gasteiger partial charge in [0.1, 0.15) is 5.69 Å². The Bertz CT molecular complexity index is 504. The first-order valence-corrected chi connectivity index (χ1v) is 7.56. The molecule has 0 unspecified atom stereocenters. The van der Waals surface area contributed by atoms with Gasteiger partial charge >= 0.3 is 5.97 Å². The van der Waals surface area contributed by atoms with Crippen LogP contribution in [0, 0.1) is 13.8 Å². The van der Waals surface area contributed by atoms with Gasteiger partial charge in [-0.2, -0.15) is 0 Å². The van der Waals surface area contributed by atoms with Gasteiger partial charge < -0.3 is 15.0 Å². The van der Waals surface area contributed by atoms with Crippen LogP contribution in [0.25, 0.3) is 0 Å². The summed E-state index contributed by atoms with van der Waals surface area (Å²) in [6.07, 6.45) is 2.98. The van der Waals surface area contributed by atoms with E-state index in [0.717, 1.165) is 19.3 Å². The number of rotatable bonds is 7. The zero-order valence-corrected chi connectivity index (χ0v) is 13.6. The van der Waals surface area contributed by atoms with E-state index in [1.54, 1.807) is 27.7 Å². The minimum atomic E-state index is -0.388. The third-order valence-corrected chi connectivity index (χ3v) is 3.28. The van der Waals surface area contributed by atoms with Crippen LogP contribution in [0.3, 0.4) is 0 Å². The standard InChI is InChI=1S/C16H26N2O3/c1-6-7-8-9-17-15(19)14-11(4)13(12(5)18-14)16(20)21-10(2)3/h10,18H,6-9H2,1-5H3,(H,17,19). The van der Waals surface area contributed by atoms with E-state index in [1.165, 1.54) is 0 Å². The maximum absolute atomic E-state index is 12.1. The Morgan fingerprint density at radius 3 is 2.48 bits per heavy atom. The molecule has 5 nitrogen and oxygen atoms in total. The van der Waals surface area contributed by atoms with Gasteiger partial charge in [0.05, 0.1) is 11.7 Å². The Morgan fingerprint density at radius 2 is 1.90 bits per heavy atom. The molecule has 2 N–H and O–H groups in total. The van der Waals surface area contributed by atoms with E-state index in [1.807, 2.05) is 0 Å². The highest BCUT2D eigenvalue weighted by Gasteiger charge is 2.23. The highest BCUT2D eigenvalue weighted by molar-refractivity contribution is 6.00. The first kappa shape index (κ1) is 17.3. The molecule has 0 radical (unpaired) electrons. The lowest BCUT2D eigenvalue weighted by molar-refractivity contribution is 0.0376. The van der Waals surface area contributed by atoms with Crippen LogP contribution < -0.4 is 5.32 Å². The average molecular weight is 294 g/mol. The monoisotopic (exact) mass is 294 g/mol. The Labute approximate surface area is 126 Å². The summed E-state index contributed by atoms with van der Waals surface area (Å²) < 4.78 is 5.21. The fraction of sp³-hybridized carbons (Fsp3) is 0.625. The Kier molecular flexibility index (Phi) is 6.46. The molecular formula is C16H26N2O3. The Balaban J connectivity index is 2.81. The van der Waals surface area contributed by atoms with Crippen LogP contribution in [0.2, 0.25) is 0 Å². The van der Waals surface area contributed by atoms with E-state index < -0.39 is 0 Å². The number of amides is 1. The lowest BCUT2D eigenvalue weighted by atomic mass is 10.1. The van der Waals surface area contributed by atoms with Crippen molar-refractivity contribution in [1.82, 2.24) is 10.3 Å². The van der Waals surface area contributed by atoms with Crippen LogP contribution in [0.15, 0.2) is 0 Å². The summed E-state index contributed by atoms with van der Waals surface area (Å²) in [5.41, 5.74) is 2.21. The maximum Gasteiger partial charge on any atom is 0.340 e. The van der Waals surface area contributed by atoms with Crippen LogP contribution in [0.4, 0.5) is 0 Å². The van der Waals surface area contributed by atoms with Gasteiger partial charge in [-0.3, -0.25) is 4.79 Å². The minimum absolute atomic E-state index is 0.171. The largest absolute Gasteiger partial charge is 0.459 e. The van der Waals surface area contributed by atoms with Crippen LogP contribution in [-0.4, -0.2) is 29.5 Å². The first-order valence-electron chi connectivity index (χ1n) is 7.56. The van der Waals surface area contributed by atoms with Gasteiger partial charge in [-0.25, -0.2) is 4.79 Å². The second-order valence-electron chi connectivity index (χ2n) is 5.54. The number of unbranched alkanes of at least 4 members (excludes halogenated alkanes) is 2. The summed E-state index contributed by atoms with van der Waals surface area (Å²) in [6.45, 7) is 9.91. The first-order chi connectivity index (χ1) is 9.88. The van der Waals surface area contributed by atoms with Gasteiger partial charge in [-0.1, -0.05) is 19.8 Å². The number of hydrogen-bond donors (Lipinski definition) is 2. The molecule has 0 spiro atoms. The molecule has 5 heteroatoms. The number of H-pyrrole nitrogens is 1. The van der Waals surface area contributed by atoms with Gasteiger partial charge in [0.25, 0.3) is 5.91 Å². The summed E-state index contributed by atoms with van der Waals surface area (Å²) >= 11 is 0. The Morgan fingerprint density at radius 1 is 1.24 bits per heavy atom. The summed E-state index contributed by atoms with van der Waals surface area (Å²) in [7, 11) is 0. The van der Waals surface area contributed by atoms with Crippen molar-refractivity contribution >= 4 is 11.9 Å². The van der Waals surface area contributed by atoms with E-state index >= 15 is 0 Å². The summed E-state index contributed by atoms with van der Waals surface area (Å²) in [4.78, 5) is 27.2. The number of esters is 1. The van der Waals surface area contributed by atoms with Gasteiger partial charge in [-0.15, -0.1) is 0 Å². The van der Waals surface area contributed by atoms with Gasteiger partial charge in [0, 0.05) is 12.2 Å². The number of carbonyl (C=O) groups is 2. The fourth-order valence-corrected chi connectivity index (χ4v) is 2.22. The molecule has 0 aliphatic rings. The fourth-order valence-electron chi connectivity index (χ4n) is 2.22. The topological polar surface area (TPSA) is 71.2 Å². The molecule has 0 aliphatic heterocycles. The van der Waals surface area contributed by atoms with Crippen molar-refractivity contribution in [2.75, 3.05) is 6.54 Å². The van der Waals surface area contributed by atoms with E-state index in [2.05, 4.69) is 17.2 Å². The third kappa shape index (κ3) is 4.62. The number of ether oxygens (including phenoxy) is 1. The molecule has 0 aliphatic carbocycles. The van der Waals surface area contributed by atoms with Crippen molar-refractivity contribution in [1.29, 1.82) is 0 Å². The quantitative estimate of drug-likeness (QED) is 0.599. The van der Waals surface area contributed by atoms with E-state index in [-0.39, 0.29) is 18.0 Å². The lowest BCUT2D eigenvalue weighted by Gasteiger charge is -2.08. The van der Waals surface area contributed by atoms with Crippen molar-refractivity contribution in [3.63, 3.8) is 0 Å². The average Bonchev–Trinajstić information content (AvgIpc) is 2.69. The number of aromatic nitrogens is 1. The molecule has 1 heterocycles. The van der Waals surface area contributed by atoms with E-state index in [9.17, 15) is 9.59 Å². The predicted octanol–water partition coefficient (Wildman–Crippen LogP) is 3.12. The third-order valence-electron chi connectivity index (χ3n) is 3.28. The summed E-state index contributed by atoms with van der Waals surface area (Å²) in [5, 5.41) is 2.87. The van der Waals surface area contributed by atoms with Crippen molar-refractivity contribution in [2.45, 2.75) is 60.0 Å². The van der Waals surface area contributed by atoms with Crippen molar-refractivity contribution in [3.8, 4) is 0 Å². The predicted molar refractivity (Wildman–Crippen MR) is 82.7 cm³/mol. The molecule has 0 atom stereocenters. The molecule has 118 valence electrons. The number of nitrogens with one attached hydrogen (secondary N) is 2. The normalized spacial score (nSPS) is 10.8. The SMILES string of the molecule is CCCCCNC(=O)c1[nH]c(C)c(C(=O)OC(C)C)c1C. The molecule has 1 rings (SSSR count). The second-order valence-corrected chi connectivity index (χ2v) is 5.54. The van der Waals surface area contributed by atoms with Gasteiger partial charge in [0.15, 0.2) is 0 Å². The number of aromatic amines is 1. The minimum Gasteiger partial charge on any atom is -0.459 e. The Hall–Kier alpha value is -1.78. The highest BCUT2D eigenvalue weighted by Crippen LogP contribution is 2.19. The zero-order valence-electron chi connectivity index (χ0n) is 13.6. The molecule has 0 fully saturated rings. The van der Waals surface area contributed by atoms with Crippen LogP contribution in [-0.2, 0) is 4.74 Å². The summed E-state index contributed by atoms with van der Waals surface area (Å²) in [5.74, 6) is -0.559. The number of hydrogen-bond acceptors (Lipinski definition) is 3. The molecule has 1 aromatic rings. The van der Waals surface area contributed by atoms with Gasteiger partial charge in [0.2, 0.25) is 0 Å². The molecule has 0 saturated carbocycles. The lowest BCUT2D eigenvalue weighted by Crippen LogP contribution is -2.25. The van der Waals surface area contributed by atoms with Crippen LogP contribution >= 0.6 is 0 Å². The smallest absolute Gasteiger partial charge is 0.340 e. The summed E-state index contributed by atoms with van der Waals surface area (Å²) in [6, 6.07) is 0. The molecular weight excluding hydrogens is 268 g/mol. The molecule has 0 saturated heterocycles. The molecule has 1 aromatic heterocycles. The number of carbonyl (C=O) groups excluding carboxylic acids is 2. The molecule has 0 aromatic carbocycles. The van der Waals surface area contributed by atoms with Crippen molar-refractivity contribution in [3.05, 3.63) is 22.5 Å². The zero-order chi connectivity index (χ0) is 16.0. The maximum atomic E-state index is 12.1. The molecule has 0 bridgehead atoms. The van der Waals surface area contributed by atoms with Crippen LogP contribution in [0.1, 0.15) is 72.1 Å². The van der Waals surface area contributed by atoms with Crippen LogP contribution in [0.5, 0.6) is 0 Å². The second kappa shape index (κ2) is 7.86. The van der Waals surface area contributed by atoms with Crippen molar-refractivity contribution in [2.24, 2.45) is 0 Å². The van der Waals surface area contributed by atoms with Gasteiger partial charge in [-0.05, 0) is 39.7 Å². The van der Waals surface area contributed by atoms with E-state index in [0.29, 0.717) is 29.1 Å². The number of aryl methyl sites for hydroxylation is 1. The van der Waals surface area contributed by atoms with E-state index in [4.69, 9.17) is 4.74 Å². The molecule has 1 amide bonds.